The Balaban J connectivity index is 2.15. The molecule has 3 heteroatoms. The number of rotatable bonds is 3. The molecule has 0 radical (unpaired) electrons. The zero-order valence-corrected chi connectivity index (χ0v) is 13.9. The lowest BCUT2D eigenvalue weighted by molar-refractivity contribution is 0.627. The summed E-state index contributed by atoms with van der Waals surface area (Å²) in [5.74, 6) is -0.272. The van der Waals surface area contributed by atoms with Crippen LogP contribution in [0, 0.1) is 9.39 Å². The Labute approximate surface area is 142 Å². The summed E-state index contributed by atoms with van der Waals surface area (Å²) in [6.45, 7) is 0. The van der Waals surface area contributed by atoms with E-state index in [0.717, 1.165) is 20.4 Å². The average molecular weight is 401 g/mol. The third-order valence-corrected chi connectivity index (χ3v) is 3.81. The van der Waals surface area contributed by atoms with Crippen molar-refractivity contribution in [2.45, 2.75) is 0 Å². The highest BCUT2D eigenvalue weighted by molar-refractivity contribution is 14.1. The van der Waals surface area contributed by atoms with Crippen LogP contribution >= 0.6 is 22.6 Å². The van der Waals surface area contributed by atoms with Crippen molar-refractivity contribution in [2.75, 3.05) is 0 Å². The molecule has 0 saturated carbocycles. The first-order valence-electron chi connectivity index (χ1n) is 6.88. The maximum Gasteiger partial charge on any atom is 0.126 e. The van der Waals surface area contributed by atoms with E-state index in [1.54, 1.807) is 0 Å². The minimum absolute atomic E-state index is 0.272. The molecule has 22 heavy (non-hydrogen) atoms. The molecule has 0 aromatic heterocycles. The van der Waals surface area contributed by atoms with E-state index in [0.29, 0.717) is 5.69 Å². The quantitative estimate of drug-likeness (QED) is 0.400. The molecule has 0 unspecified atom stereocenters. The molecule has 0 aliphatic heterocycles. The van der Waals surface area contributed by atoms with Gasteiger partial charge in [0.1, 0.15) is 5.82 Å². The van der Waals surface area contributed by atoms with Gasteiger partial charge < -0.3 is 0 Å². The van der Waals surface area contributed by atoms with Gasteiger partial charge in [0.2, 0.25) is 0 Å². The van der Waals surface area contributed by atoms with E-state index < -0.39 is 0 Å². The smallest absolute Gasteiger partial charge is 0.126 e. The Kier molecular flexibility index (Phi) is 4.63. The van der Waals surface area contributed by atoms with Crippen molar-refractivity contribution in [1.29, 1.82) is 0 Å². The SMILES string of the molecule is Fc1cc(I)cc(N=C(c2ccccc2)c2ccccc2)c1. The minimum Gasteiger partial charge on any atom is -0.248 e. The first kappa shape index (κ1) is 14.9. The molecule has 3 rings (SSSR count). The van der Waals surface area contributed by atoms with Crippen LogP contribution in [-0.2, 0) is 0 Å². The van der Waals surface area contributed by atoms with Gasteiger partial charge in [-0.25, -0.2) is 9.38 Å². The minimum atomic E-state index is -0.272. The van der Waals surface area contributed by atoms with Gasteiger partial charge in [-0.05, 0) is 40.8 Å². The normalized spacial score (nSPS) is 10.3. The fourth-order valence-electron chi connectivity index (χ4n) is 2.22. The zero-order valence-electron chi connectivity index (χ0n) is 11.7. The van der Waals surface area contributed by atoms with Gasteiger partial charge in [0.15, 0.2) is 0 Å². The molecule has 0 atom stereocenters. The van der Waals surface area contributed by atoms with Gasteiger partial charge in [-0.15, -0.1) is 0 Å². The second-order valence-corrected chi connectivity index (χ2v) is 6.07. The average Bonchev–Trinajstić information content (AvgIpc) is 2.53. The number of nitrogens with zero attached hydrogens (tertiary/aromatic N) is 1. The monoisotopic (exact) mass is 401 g/mol. The van der Waals surface area contributed by atoms with Crippen LogP contribution in [0.4, 0.5) is 10.1 Å². The van der Waals surface area contributed by atoms with Crippen LogP contribution in [0.5, 0.6) is 0 Å². The molecule has 0 aliphatic rings. The van der Waals surface area contributed by atoms with E-state index in [1.165, 1.54) is 12.1 Å². The zero-order chi connectivity index (χ0) is 15.4. The third kappa shape index (κ3) is 3.60. The van der Waals surface area contributed by atoms with Gasteiger partial charge in [0, 0.05) is 14.7 Å². The third-order valence-electron chi connectivity index (χ3n) is 3.18. The number of aliphatic imine (C=N–C) groups is 1. The summed E-state index contributed by atoms with van der Waals surface area (Å²) in [5.41, 5.74) is 3.47. The van der Waals surface area contributed by atoms with E-state index in [9.17, 15) is 4.39 Å². The molecular weight excluding hydrogens is 388 g/mol. The summed E-state index contributed by atoms with van der Waals surface area (Å²) in [7, 11) is 0. The van der Waals surface area contributed by atoms with Gasteiger partial charge in [0.25, 0.3) is 0 Å². The first-order valence-corrected chi connectivity index (χ1v) is 7.96. The molecule has 0 aliphatic carbocycles. The molecule has 108 valence electrons. The van der Waals surface area contributed by atoms with E-state index in [2.05, 4.69) is 22.6 Å². The van der Waals surface area contributed by atoms with Crippen molar-refractivity contribution < 1.29 is 4.39 Å². The second kappa shape index (κ2) is 6.83. The second-order valence-electron chi connectivity index (χ2n) is 4.82. The van der Waals surface area contributed by atoms with Crippen molar-refractivity contribution in [2.24, 2.45) is 4.99 Å². The van der Waals surface area contributed by atoms with Crippen LogP contribution in [0.2, 0.25) is 0 Å². The van der Waals surface area contributed by atoms with Gasteiger partial charge >= 0.3 is 0 Å². The maximum absolute atomic E-state index is 13.6. The van der Waals surface area contributed by atoms with Gasteiger partial charge in [-0.2, -0.15) is 0 Å². The van der Waals surface area contributed by atoms with Crippen LogP contribution in [0.1, 0.15) is 11.1 Å². The number of hydrogen-bond acceptors (Lipinski definition) is 1. The predicted octanol–water partition coefficient (Wildman–Crippen LogP) is 5.60. The standard InChI is InChI=1S/C19H13FIN/c20-16-11-17(21)13-18(12-16)22-19(14-7-3-1-4-8-14)15-9-5-2-6-10-15/h1-13H. The summed E-state index contributed by atoms with van der Waals surface area (Å²) in [4.78, 5) is 4.69. The predicted molar refractivity (Wildman–Crippen MR) is 97.3 cm³/mol. The van der Waals surface area contributed by atoms with Gasteiger partial charge in [0.05, 0.1) is 11.4 Å². The largest absolute Gasteiger partial charge is 0.248 e. The molecule has 1 nitrogen and oxygen atoms in total. The molecule has 3 aromatic carbocycles. The van der Waals surface area contributed by atoms with E-state index in [4.69, 9.17) is 4.99 Å². The molecule has 3 aromatic rings. The lowest BCUT2D eigenvalue weighted by atomic mass is 10.0. The Hall–Kier alpha value is -2.01. The molecule has 0 N–H and O–H groups in total. The molecule has 0 saturated heterocycles. The fourth-order valence-corrected chi connectivity index (χ4v) is 2.84. The summed E-state index contributed by atoms with van der Waals surface area (Å²) in [5, 5.41) is 0. The van der Waals surface area contributed by atoms with Crippen LogP contribution < -0.4 is 0 Å². The Morgan fingerprint density at radius 2 is 1.32 bits per heavy atom. The number of hydrogen-bond donors (Lipinski definition) is 0. The summed E-state index contributed by atoms with van der Waals surface area (Å²) >= 11 is 2.10. The van der Waals surface area contributed by atoms with Crippen molar-refractivity contribution in [3.63, 3.8) is 0 Å². The number of halogens is 2. The van der Waals surface area contributed by atoms with Crippen LogP contribution in [-0.4, -0.2) is 5.71 Å². The Morgan fingerprint density at radius 3 is 1.82 bits per heavy atom. The lowest BCUT2D eigenvalue weighted by Crippen LogP contribution is -2.02. The molecular formula is C19H13FIN. The molecule has 0 bridgehead atoms. The van der Waals surface area contributed by atoms with E-state index in [-0.39, 0.29) is 5.82 Å². The van der Waals surface area contributed by atoms with Crippen molar-refractivity contribution in [3.05, 3.63) is 99.4 Å². The van der Waals surface area contributed by atoms with Crippen LogP contribution in [0.3, 0.4) is 0 Å². The van der Waals surface area contributed by atoms with Crippen LogP contribution in [0.15, 0.2) is 83.9 Å². The molecule has 0 amide bonds. The Morgan fingerprint density at radius 1 is 0.773 bits per heavy atom. The lowest BCUT2D eigenvalue weighted by Gasteiger charge is -2.08. The van der Waals surface area contributed by atoms with Gasteiger partial charge in [-0.1, -0.05) is 60.7 Å². The van der Waals surface area contributed by atoms with Crippen molar-refractivity contribution in [1.82, 2.24) is 0 Å². The number of benzene rings is 3. The highest BCUT2D eigenvalue weighted by atomic mass is 127. The topological polar surface area (TPSA) is 12.4 Å². The van der Waals surface area contributed by atoms with Crippen LogP contribution in [0.25, 0.3) is 0 Å². The molecule has 0 fully saturated rings. The summed E-state index contributed by atoms with van der Waals surface area (Å²) in [6.07, 6.45) is 0. The highest BCUT2D eigenvalue weighted by Crippen LogP contribution is 2.22. The van der Waals surface area contributed by atoms with Crippen molar-refractivity contribution >= 4 is 34.0 Å². The molecule has 0 heterocycles. The summed E-state index contributed by atoms with van der Waals surface area (Å²) in [6, 6.07) is 24.7. The summed E-state index contributed by atoms with van der Waals surface area (Å²) < 4.78 is 14.4. The molecule has 0 spiro atoms. The van der Waals surface area contributed by atoms with Crippen molar-refractivity contribution in [3.8, 4) is 0 Å². The first-order chi connectivity index (χ1) is 10.7. The van der Waals surface area contributed by atoms with E-state index in [1.807, 2.05) is 66.7 Å². The fraction of sp³-hybridized carbons (Fsp3) is 0. The van der Waals surface area contributed by atoms with Gasteiger partial charge in [-0.3, -0.25) is 0 Å². The maximum atomic E-state index is 13.6. The van der Waals surface area contributed by atoms with E-state index >= 15 is 0 Å². The Bertz CT molecular complexity index is 736. The highest BCUT2D eigenvalue weighted by Gasteiger charge is 2.07.